The van der Waals surface area contributed by atoms with Crippen LogP contribution >= 0.6 is 0 Å². The van der Waals surface area contributed by atoms with Crippen LogP contribution in [0.1, 0.15) is 20.3 Å². The summed E-state index contributed by atoms with van der Waals surface area (Å²) >= 11 is 0. The van der Waals surface area contributed by atoms with Gasteiger partial charge in [-0.25, -0.2) is 0 Å². The van der Waals surface area contributed by atoms with E-state index in [1.165, 1.54) is 5.57 Å². The van der Waals surface area contributed by atoms with Crippen molar-refractivity contribution in [2.45, 2.75) is 26.4 Å². The standard InChI is InChI=1S/C11H18O2/c1-4-11(8-12)7-5-6-9(2)10(11)13-3/h5-7,10,12H,4,8H2,1-3H3. The van der Waals surface area contributed by atoms with Gasteiger partial charge >= 0.3 is 0 Å². The molecule has 74 valence electrons. The van der Waals surface area contributed by atoms with E-state index in [0.717, 1.165) is 6.42 Å². The second kappa shape index (κ2) is 4.07. The van der Waals surface area contributed by atoms with Crippen molar-refractivity contribution in [1.29, 1.82) is 0 Å². The van der Waals surface area contributed by atoms with Gasteiger partial charge in [-0.05, 0) is 18.9 Å². The van der Waals surface area contributed by atoms with Crippen LogP contribution in [0.15, 0.2) is 23.8 Å². The van der Waals surface area contributed by atoms with Crippen LogP contribution in [-0.4, -0.2) is 24.9 Å². The third kappa shape index (κ3) is 1.69. The highest BCUT2D eigenvalue weighted by Crippen LogP contribution is 2.36. The molecule has 1 aliphatic carbocycles. The minimum Gasteiger partial charge on any atom is -0.395 e. The van der Waals surface area contributed by atoms with E-state index in [1.54, 1.807) is 7.11 Å². The fourth-order valence-corrected chi connectivity index (χ4v) is 1.99. The maximum atomic E-state index is 9.40. The van der Waals surface area contributed by atoms with Gasteiger partial charge in [-0.1, -0.05) is 25.2 Å². The fraction of sp³-hybridized carbons (Fsp3) is 0.636. The van der Waals surface area contributed by atoms with Gasteiger partial charge in [0.25, 0.3) is 0 Å². The van der Waals surface area contributed by atoms with E-state index in [2.05, 4.69) is 6.92 Å². The smallest absolute Gasteiger partial charge is 0.0894 e. The molecule has 2 atom stereocenters. The van der Waals surface area contributed by atoms with Crippen molar-refractivity contribution in [1.82, 2.24) is 0 Å². The number of rotatable bonds is 3. The normalized spacial score (nSPS) is 33.2. The number of hydrogen-bond donors (Lipinski definition) is 1. The Morgan fingerprint density at radius 2 is 2.31 bits per heavy atom. The Morgan fingerprint density at radius 1 is 1.62 bits per heavy atom. The summed E-state index contributed by atoms with van der Waals surface area (Å²) in [4.78, 5) is 0. The Balaban J connectivity index is 2.97. The lowest BCUT2D eigenvalue weighted by Crippen LogP contribution is -2.39. The van der Waals surface area contributed by atoms with Crippen LogP contribution in [0.3, 0.4) is 0 Å². The molecule has 0 bridgehead atoms. The molecule has 0 saturated carbocycles. The molecular weight excluding hydrogens is 164 g/mol. The van der Waals surface area contributed by atoms with E-state index in [-0.39, 0.29) is 18.1 Å². The molecule has 1 aliphatic rings. The molecule has 0 aliphatic heterocycles. The molecule has 0 heterocycles. The first-order valence-corrected chi connectivity index (χ1v) is 4.70. The lowest BCUT2D eigenvalue weighted by atomic mass is 9.74. The molecular formula is C11H18O2. The fourth-order valence-electron chi connectivity index (χ4n) is 1.99. The van der Waals surface area contributed by atoms with Crippen LogP contribution in [-0.2, 0) is 4.74 Å². The maximum Gasteiger partial charge on any atom is 0.0894 e. The minimum absolute atomic E-state index is 0.0208. The molecule has 2 heteroatoms. The van der Waals surface area contributed by atoms with Gasteiger partial charge in [-0.15, -0.1) is 0 Å². The lowest BCUT2D eigenvalue weighted by molar-refractivity contribution is 0.00251. The van der Waals surface area contributed by atoms with E-state index in [0.29, 0.717) is 0 Å². The third-order valence-electron chi connectivity index (χ3n) is 2.91. The highest BCUT2D eigenvalue weighted by molar-refractivity contribution is 5.27. The molecule has 2 unspecified atom stereocenters. The Kier molecular flexibility index (Phi) is 3.28. The van der Waals surface area contributed by atoms with Crippen molar-refractivity contribution in [2.75, 3.05) is 13.7 Å². The first kappa shape index (κ1) is 10.5. The molecule has 0 saturated heterocycles. The predicted molar refractivity (Wildman–Crippen MR) is 53.5 cm³/mol. The molecule has 0 aromatic carbocycles. The molecule has 0 amide bonds. The number of aliphatic hydroxyl groups is 1. The number of methoxy groups -OCH3 is 1. The average molecular weight is 182 g/mol. The number of hydrogen-bond acceptors (Lipinski definition) is 2. The summed E-state index contributed by atoms with van der Waals surface area (Å²) in [5, 5.41) is 9.40. The average Bonchev–Trinajstić information content (AvgIpc) is 2.17. The van der Waals surface area contributed by atoms with Gasteiger partial charge in [0.05, 0.1) is 12.7 Å². The molecule has 13 heavy (non-hydrogen) atoms. The van der Waals surface area contributed by atoms with Crippen LogP contribution in [0, 0.1) is 5.41 Å². The van der Waals surface area contributed by atoms with E-state index in [1.807, 2.05) is 25.2 Å². The van der Waals surface area contributed by atoms with E-state index in [9.17, 15) is 5.11 Å². The Hall–Kier alpha value is -0.600. The molecule has 0 aromatic rings. The Morgan fingerprint density at radius 3 is 2.69 bits per heavy atom. The Bertz CT molecular complexity index is 224. The van der Waals surface area contributed by atoms with Gasteiger partial charge in [-0.3, -0.25) is 0 Å². The summed E-state index contributed by atoms with van der Waals surface area (Å²) in [6.45, 7) is 4.26. The topological polar surface area (TPSA) is 29.5 Å². The summed E-state index contributed by atoms with van der Waals surface area (Å²) in [7, 11) is 1.70. The van der Waals surface area contributed by atoms with Gasteiger partial charge in [0.15, 0.2) is 0 Å². The first-order chi connectivity index (χ1) is 6.20. The third-order valence-corrected chi connectivity index (χ3v) is 2.91. The van der Waals surface area contributed by atoms with Crippen molar-refractivity contribution >= 4 is 0 Å². The predicted octanol–water partition coefficient (Wildman–Crippen LogP) is 1.91. The first-order valence-electron chi connectivity index (χ1n) is 4.70. The number of ether oxygens (including phenoxy) is 1. The van der Waals surface area contributed by atoms with Crippen LogP contribution in [0.25, 0.3) is 0 Å². The monoisotopic (exact) mass is 182 g/mol. The van der Waals surface area contributed by atoms with Crippen molar-refractivity contribution < 1.29 is 9.84 Å². The molecule has 2 nitrogen and oxygen atoms in total. The zero-order valence-electron chi connectivity index (χ0n) is 8.58. The molecule has 0 aromatic heterocycles. The van der Waals surface area contributed by atoms with Gasteiger partial charge in [-0.2, -0.15) is 0 Å². The van der Waals surface area contributed by atoms with Crippen molar-refractivity contribution in [3.05, 3.63) is 23.8 Å². The van der Waals surface area contributed by atoms with Gasteiger partial charge in [0, 0.05) is 12.5 Å². The highest BCUT2D eigenvalue weighted by atomic mass is 16.5. The van der Waals surface area contributed by atoms with Gasteiger partial charge in [0.1, 0.15) is 0 Å². The zero-order valence-corrected chi connectivity index (χ0v) is 8.58. The van der Waals surface area contributed by atoms with Crippen LogP contribution in [0.5, 0.6) is 0 Å². The lowest BCUT2D eigenvalue weighted by Gasteiger charge is -2.37. The minimum atomic E-state index is -0.215. The van der Waals surface area contributed by atoms with E-state index < -0.39 is 0 Å². The zero-order chi connectivity index (χ0) is 9.90. The maximum absolute atomic E-state index is 9.40. The summed E-state index contributed by atoms with van der Waals surface area (Å²) in [6.07, 6.45) is 7.01. The van der Waals surface area contributed by atoms with Crippen LogP contribution in [0.2, 0.25) is 0 Å². The Labute approximate surface area is 79.9 Å². The summed E-state index contributed by atoms with van der Waals surface area (Å²) in [5.74, 6) is 0. The molecule has 1 rings (SSSR count). The molecule has 0 fully saturated rings. The quantitative estimate of drug-likeness (QED) is 0.722. The van der Waals surface area contributed by atoms with Crippen molar-refractivity contribution in [3.63, 3.8) is 0 Å². The second-order valence-electron chi connectivity index (χ2n) is 3.63. The number of allylic oxidation sites excluding steroid dienone is 2. The van der Waals surface area contributed by atoms with Crippen molar-refractivity contribution in [2.24, 2.45) is 5.41 Å². The van der Waals surface area contributed by atoms with Gasteiger partial charge in [0.2, 0.25) is 0 Å². The summed E-state index contributed by atoms with van der Waals surface area (Å²) in [6, 6.07) is 0. The summed E-state index contributed by atoms with van der Waals surface area (Å²) < 4.78 is 5.42. The van der Waals surface area contributed by atoms with Crippen LogP contribution < -0.4 is 0 Å². The highest BCUT2D eigenvalue weighted by Gasteiger charge is 2.36. The summed E-state index contributed by atoms with van der Waals surface area (Å²) in [5.41, 5.74) is 0.967. The second-order valence-corrected chi connectivity index (χ2v) is 3.63. The van der Waals surface area contributed by atoms with E-state index >= 15 is 0 Å². The number of aliphatic hydroxyl groups excluding tert-OH is 1. The SMILES string of the molecule is CCC1(CO)C=CC=C(C)C1OC. The largest absolute Gasteiger partial charge is 0.395 e. The van der Waals surface area contributed by atoms with Gasteiger partial charge < -0.3 is 9.84 Å². The van der Waals surface area contributed by atoms with E-state index in [4.69, 9.17) is 4.74 Å². The molecule has 0 radical (unpaired) electrons. The van der Waals surface area contributed by atoms with Crippen LogP contribution in [0.4, 0.5) is 0 Å². The van der Waals surface area contributed by atoms with Crippen molar-refractivity contribution in [3.8, 4) is 0 Å². The molecule has 0 spiro atoms. The molecule has 1 N–H and O–H groups in total.